The third-order valence-electron chi connectivity index (χ3n) is 6.95. The summed E-state index contributed by atoms with van der Waals surface area (Å²) in [4.78, 5) is 0.966. The molecule has 0 amide bonds. The number of nitrogens with one attached hydrogen (secondary N) is 1. The van der Waals surface area contributed by atoms with E-state index in [0.717, 1.165) is 43.7 Å². The minimum absolute atomic E-state index is 0.257. The lowest BCUT2D eigenvalue weighted by Gasteiger charge is -2.33. The number of hydrogen-bond acceptors (Lipinski definition) is 6. The molecule has 0 fully saturated rings. The summed E-state index contributed by atoms with van der Waals surface area (Å²) in [6, 6.07) is 0. The maximum Gasteiger partial charge on any atom is 0.116 e. The number of unbranched alkanes of at least 4 members (excludes halogenated alkanes) is 9. The molecular weight excluding hydrogens is 544 g/mol. The number of rotatable bonds is 26. The lowest BCUT2D eigenvalue weighted by Crippen LogP contribution is -2.29. The maximum absolute atomic E-state index is 13.9. The molecular formula is C32H59FN2OS3. The van der Waals surface area contributed by atoms with Crippen LogP contribution < -0.4 is 4.72 Å². The highest BCUT2D eigenvalue weighted by atomic mass is 32.2. The minimum atomic E-state index is -0.482. The van der Waals surface area contributed by atoms with Crippen molar-refractivity contribution in [3.8, 4) is 0 Å². The summed E-state index contributed by atoms with van der Waals surface area (Å²) in [6.07, 6.45) is 21.5. The van der Waals surface area contributed by atoms with Gasteiger partial charge in [0.05, 0.1) is 22.8 Å². The largest absolute Gasteiger partial charge is 0.381 e. The molecule has 0 rings (SSSR count). The van der Waals surface area contributed by atoms with E-state index in [1.165, 1.54) is 76.0 Å². The summed E-state index contributed by atoms with van der Waals surface area (Å²) < 4.78 is 27.4. The Labute approximate surface area is 255 Å². The molecule has 0 aromatic rings. The van der Waals surface area contributed by atoms with Crippen molar-refractivity contribution in [3.63, 3.8) is 0 Å². The Morgan fingerprint density at radius 1 is 1.03 bits per heavy atom. The van der Waals surface area contributed by atoms with E-state index in [0.29, 0.717) is 18.1 Å². The van der Waals surface area contributed by atoms with Gasteiger partial charge in [0.2, 0.25) is 0 Å². The lowest BCUT2D eigenvalue weighted by atomic mass is 10.0. The SMILES string of the molecule is C=C(F)/C=C(C=NSNCC(C)CC)/C(=C/CC)S[C@](C)(S)C(CC)COCCCCCCCCCCCC. The van der Waals surface area contributed by atoms with Crippen LogP contribution in [-0.4, -0.2) is 30.1 Å². The molecule has 0 spiro atoms. The number of halogens is 1. The van der Waals surface area contributed by atoms with Crippen LogP contribution in [0.5, 0.6) is 0 Å². The van der Waals surface area contributed by atoms with Gasteiger partial charge in [0.15, 0.2) is 0 Å². The summed E-state index contributed by atoms with van der Waals surface area (Å²) >= 11 is 8.04. The summed E-state index contributed by atoms with van der Waals surface area (Å²) in [5.74, 6) is 0.361. The first-order chi connectivity index (χ1) is 18.7. The number of ether oxygens (including phenoxy) is 1. The fraction of sp³-hybridized carbons (Fsp3) is 0.781. The lowest BCUT2D eigenvalue weighted by molar-refractivity contribution is 0.0923. The van der Waals surface area contributed by atoms with Crippen molar-refractivity contribution in [1.82, 2.24) is 4.72 Å². The first kappa shape index (κ1) is 38.8. The highest BCUT2D eigenvalue weighted by Gasteiger charge is 2.32. The number of thiol groups is 1. The highest BCUT2D eigenvalue weighted by Crippen LogP contribution is 2.45. The monoisotopic (exact) mass is 602 g/mol. The third-order valence-corrected chi connectivity index (χ3v) is 9.47. The number of thioether (sulfide) groups is 1. The van der Waals surface area contributed by atoms with Crippen LogP contribution in [0.15, 0.2) is 39.4 Å². The van der Waals surface area contributed by atoms with E-state index in [4.69, 9.17) is 17.4 Å². The quantitative estimate of drug-likeness (QED) is 0.0258. The Kier molecular flexibility index (Phi) is 25.4. The van der Waals surface area contributed by atoms with Crippen molar-refractivity contribution in [2.75, 3.05) is 19.8 Å². The average Bonchev–Trinajstić information content (AvgIpc) is 2.89. The van der Waals surface area contributed by atoms with E-state index >= 15 is 0 Å². The Hall–Kier alpha value is -0.210. The van der Waals surface area contributed by atoms with Crippen LogP contribution in [0.3, 0.4) is 0 Å². The molecule has 0 aliphatic heterocycles. The van der Waals surface area contributed by atoms with Gasteiger partial charge in [0.25, 0.3) is 0 Å². The smallest absolute Gasteiger partial charge is 0.116 e. The molecule has 0 aliphatic rings. The Morgan fingerprint density at radius 2 is 1.64 bits per heavy atom. The number of hydrogen-bond donors (Lipinski definition) is 2. The zero-order chi connectivity index (χ0) is 29.4. The second-order valence-corrected chi connectivity index (χ2v) is 14.1. The van der Waals surface area contributed by atoms with Gasteiger partial charge >= 0.3 is 0 Å². The molecule has 228 valence electrons. The van der Waals surface area contributed by atoms with Gasteiger partial charge < -0.3 is 4.74 Å². The maximum atomic E-state index is 13.9. The Morgan fingerprint density at radius 3 is 2.18 bits per heavy atom. The normalized spacial score (nSPS) is 16.0. The standard InChI is InChI=1S/C32H59FN2OS3/c1-8-12-13-14-15-16-17-18-19-20-22-36-26-30(11-4)32(7,37)38-31(21-9-2)29(23-28(6)33)25-35-39-34-24-27(5)10-3/h21,23,25,27,30,34,37H,6,8-20,22,24,26H2,1-5,7H3/b29-23+,31-21-,35-25?/t27?,30?,32-/m0/s1. The van der Waals surface area contributed by atoms with Gasteiger partial charge in [-0.2, -0.15) is 12.6 Å². The predicted molar refractivity (Wildman–Crippen MR) is 182 cm³/mol. The van der Waals surface area contributed by atoms with Crippen LogP contribution in [0.4, 0.5) is 4.39 Å². The van der Waals surface area contributed by atoms with Crippen molar-refractivity contribution < 1.29 is 9.13 Å². The van der Waals surface area contributed by atoms with E-state index in [1.807, 2.05) is 0 Å². The van der Waals surface area contributed by atoms with E-state index in [-0.39, 0.29) is 10.00 Å². The molecule has 0 heterocycles. The second kappa shape index (κ2) is 25.5. The van der Waals surface area contributed by atoms with E-state index in [9.17, 15) is 4.39 Å². The number of allylic oxidation sites excluding steroid dienone is 4. The summed E-state index contributed by atoms with van der Waals surface area (Å²) in [6.45, 7) is 18.9. The molecule has 0 saturated heterocycles. The minimum Gasteiger partial charge on any atom is -0.381 e. The summed E-state index contributed by atoms with van der Waals surface area (Å²) in [5, 5.41) is 0. The zero-order valence-corrected chi connectivity index (χ0v) is 28.4. The molecule has 3 atom stereocenters. The molecule has 0 aromatic heterocycles. The van der Waals surface area contributed by atoms with Gasteiger partial charge in [-0.1, -0.05) is 111 Å². The predicted octanol–water partition coefficient (Wildman–Crippen LogP) is 11.3. The molecule has 0 saturated carbocycles. The van der Waals surface area contributed by atoms with Crippen molar-refractivity contribution in [1.29, 1.82) is 0 Å². The van der Waals surface area contributed by atoms with Crippen molar-refractivity contribution in [2.24, 2.45) is 16.2 Å². The second-order valence-electron chi connectivity index (χ2n) is 10.7. The van der Waals surface area contributed by atoms with E-state index < -0.39 is 5.83 Å². The van der Waals surface area contributed by atoms with Crippen LogP contribution in [0.25, 0.3) is 0 Å². The molecule has 39 heavy (non-hydrogen) atoms. The van der Waals surface area contributed by atoms with Crippen molar-refractivity contribution in [2.45, 2.75) is 129 Å². The van der Waals surface area contributed by atoms with Gasteiger partial charge in [0.1, 0.15) is 5.83 Å². The summed E-state index contributed by atoms with van der Waals surface area (Å²) in [5.41, 5.74) is 0.716. The number of nitrogens with zero attached hydrogens (tertiary/aromatic N) is 1. The van der Waals surface area contributed by atoms with Gasteiger partial charge in [-0.25, -0.2) is 13.5 Å². The summed E-state index contributed by atoms with van der Waals surface area (Å²) in [7, 11) is 0. The van der Waals surface area contributed by atoms with Gasteiger partial charge in [-0.15, -0.1) is 11.8 Å². The molecule has 1 N–H and O–H groups in total. The molecule has 2 unspecified atom stereocenters. The fourth-order valence-electron chi connectivity index (χ4n) is 4.06. The topological polar surface area (TPSA) is 33.6 Å². The van der Waals surface area contributed by atoms with Crippen LogP contribution >= 0.6 is 36.5 Å². The molecule has 0 bridgehead atoms. The molecule has 3 nitrogen and oxygen atoms in total. The zero-order valence-electron chi connectivity index (χ0n) is 25.9. The van der Waals surface area contributed by atoms with E-state index in [1.54, 1.807) is 18.0 Å². The van der Waals surface area contributed by atoms with Gasteiger partial charge in [0, 0.05) is 35.8 Å². The van der Waals surface area contributed by atoms with Crippen LogP contribution in [0.1, 0.15) is 125 Å². The molecule has 7 heteroatoms. The Balaban J connectivity index is 4.80. The van der Waals surface area contributed by atoms with Gasteiger partial charge in [-0.3, -0.25) is 0 Å². The van der Waals surface area contributed by atoms with Gasteiger partial charge in [-0.05, 0) is 38.2 Å². The molecule has 0 aromatic carbocycles. The first-order valence-corrected chi connectivity index (χ1v) is 17.4. The van der Waals surface area contributed by atoms with Crippen LogP contribution in [0.2, 0.25) is 0 Å². The van der Waals surface area contributed by atoms with Crippen molar-refractivity contribution in [3.05, 3.63) is 35.0 Å². The molecule has 0 radical (unpaired) electrons. The van der Waals surface area contributed by atoms with Crippen LogP contribution in [-0.2, 0) is 4.74 Å². The average molecular weight is 603 g/mol. The van der Waals surface area contributed by atoms with E-state index in [2.05, 4.69) is 63.3 Å². The molecule has 0 aliphatic carbocycles. The Bertz CT molecular complexity index is 710. The third kappa shape index (κ3) is 21.2. The van der Waals surface area contributed by atoms with Crippen molar-refractivity contribution >= 4 is 42.7 Å². The first-order valence-electron chi connectivity index (χ1n) is 15.4. The van der Waals surface area contributed by atoms with Crippen LogP contribution in [0, 0.1) is 11.8 Å². The highest BCUT2D eigenvalue weighted by molar-refractivity contribution is 8.14. The fourth-order valence-corrected chi connectivity index (χ4v) is 6.54.